The molecule has 11 amide bonds. The zero-order valence-corrected chi connectivity index (χ0v) is 47.0. The number of nitrogens with two attached hydrogens (primary N) is 5. The molecule has 23 N–H and O–H groups in total. The average Bonchev–Trinajstić information content (AvgIpc) is 3.43. The normalized spacial score (nSPS) is 23.0. The summed E-state index contributed by atoms with van der Waals surface area (Å²) in [5.74, 6) is -9.83. The molecule has 1 saturated heterocycles. The van der Waals surface area contributed by atoms with Gasteiger partial charge < -0.3 is 97.4 Å². The van der Waals surface area contributed by atoms with Crippen molar-refractivity contribution in [3.8, 4) is 0 Å². The van der Waals surface area contributed by atoms with Crippen molar-refractivity contribution >= 4 is 65.0 Å². The van der Waals surface area contributed by atoms with E-state index in [9.17, 15) is 63.0 Å². The van der Waals surface area contributed by atoms with Crippen LogP contribution >= 0.6 is 0 Å². The Bertz CT molecular complexity index is 2210. The molecule has 0 bridgehead atoms. The molecule has 1 aromatic rings. The van der Waals surface area contributed by atoms with Gasteiger partial charge in [-0.2, -0.15) is 0 Å². The van der Waals surface area contributed by atoms with Gasteiger partial charge in [0.25, 0.3) is 0 Å². The van der Waals surface area contributed by atoms with Crippen LogP contribution in [0.3, 0.4) is 0 Å². The van der Waals surface area contributed by atoms with Crippen molar-refractivity contribution in [3.63, 3.8) is 0 Å². The van der Waals surface area contributed by atoms with Crippen LogP contribution in [0.4, 0.5) is 0 Å². The fourth-order valence-corrected chi connectivity index (χ4v) is 8.46. The molecule has 0 saturated carbocycles. The Morgan fingerprint density at radius 1 is 0.580 bits per heavy atom. The molecule has 1 aliphatic rings. The van der Waals surface area contributed by atoms with E-state index in [2.05, 4.69) is 65.4 Å². The highest BCUT2D eigenvalue weighted by molar-refractivity contribution is 5.99. The summed E-state index contributed by atoms with van der Waals surface area (Å²) in [5.41, 5.74) is 29.7. The summed E-state index contributed by atoms with van der Waals surface area (Å²) in [4.78, 5) is 152. The van der Waals surface area contributed by atoms with Gasteiger partial charge in [0.1, 0.15) is 60.4 Å². The van der Waals surface area contributed by atoms with Crippen LogP contribution < -0.4 is 87.2 Å². The van der Waals surface area contributed by atoms with E-state index in [0.29, 0.717) is 12.0 Å². The first-order chi connectivity index (χ1) is 38.5. The van der Waals surface area contributed by atoms with Gasteiger partial charge in [-0.1, -0.05) is 62.9 Å². The molecule has 456 valence electrons. The first kappa shape index (κ1) is 70.2. The zero-order valence-electron chi connectivity index (χ0n) is 47.0. The van der Waals surface area contributed by atoms with Gasteiger partial charge in [-0.25, -0.2) is 0 Å². The number of rotatable bonds is 27. The Morgan fingerprint density at radius 2 is 1.09 bits per heavy atom. The quantitative estimate of drug-likeness (QED) is 0.0364. The maximum atomic E-state index is 14.4. The molecular weight excluding hydrogens is 1060 g/mol. The molecule has 0 spiro atoms. The number of amides is 11. The van der Waals surface area contributed by atoms with Gasteiger partial charge in [-0.05, 0) is 104 Å². The Morgan fingerprint density at radius 3 is 1.62 bits per heavy atom. The largest absolute Gasteiger partial charge is 0.391 e. The maximum Gasteiger partial charge on any atom is 0.245 e. The lowest BCUT2D eigenvalue weighted by Gasteiger charge is -2.28. The molecule has 29 heteroatoms. The van der Waals surface area contributed by atoms with E-state index < -0.39 is 151 Å². The fourth-order valence-electron chi connectivity index (χ4n) is 8.46. The molecule has 0 unspecified atom stereocenters. The fraction of sp³-hybridized carbons (Fsp3) is 0.673. The molecule has 2 rings (SSSR count). The summed E-state index contributed by atoms with van der Waals surface area (Å²) in [6, 6.07) is -6.29. The maximum absolute atomic E-state index is 14.4. The van der Waals surface area contributed by atoms with E-state index >= 15 is 0 Å². The van der Waals surface area contributed by atoms with Gasteiger partial charge in [0, 0.05) is 19.4 Å². The number of nitrogens with one attached hydrogen (secondary N) is 11. The van der Waals surface area contributed by atoms with Crippen molar-refractivity contribution in [2.24, 2.45) is 28.7 Å². The van der Waals surface area contributed by atoms with Crippen LogP contribution in [0.25, 0.3) is 0 Å². The number of carbonyl (C=O) groups excluding carboxylic acids is 11. The molecule has 1 aromatic carbocycles. The minimum absolute atomic E-state index is 0.0139. The van der Waals surface area contributed by atoms with E-state index in [1.807, 2.05) is 0 Å². The molecule has 1 fully saturated rings. The Hall–Kier alpha value is -6.89. The van der Waals surface area contributed by atoms with Crippen molar-refractivity contribution in [2.45, 2.75) is 184 Å². The third-order valence-electron chi connectivity index (χ3n) is 13.1. The minimum atomic E-state index is -1.70. The van der Waals surface area contributed by atoms with Crippen molar-refractivity contribution in [2.75, 3.05) is 39.3 Å². The number of benzene rings is 1. The van der Waals surface area contributed by atoms with E-state index in [4.69, 9.17) is 28.7 Å². The predicted molar refractivity (Wildman–Crippen MR) is 298 cm³/mol. The molecule has 0 aliphatic carbocycles. The zero-order chi connectivity index (χ0) is 60.6. The number of hydrogen-bond donors (Lipinski definition) is 18. The predicted octanol–water partition coefficient (Wildman–Crippen LogP) is -6.52. The lowest BCUT2D eigenvalue weighted by Crippen LogP contribution is -2.62. The average molecular weight is 1150 g/mol. The standard InChI is InChI=1S/C52H90N16O13/c1-5-6-7-8-12-15-40(71)60-33(16-22-53)48(77)68-42(31(4)70)52(81)65-36(19-25-56)45(74)64-38-21-27-58-51(80)41(30(3)69)67-49(78)37(20-26-57)63-44(73)34(17-23-54)61-43(72)29(2)59-50(79)39(28-32-13-10-9-11-14-32)66-46(75)35(18-24-55)62-47(38)76/h9-11,13-14,29-31,33-39,41-42,69-70H,5-8,12,15-28,53-57H2,1-4H3,(H,58,80)(H,59,79)(H,60,71)(H,61,72)(H,62,76)(H,63,73)(H,64,74)(H,65,81)(H,66,75)(H,67,78)(H,68,77)/t29-,30+,31+,33-,34-,35-,36-,37-,38-,39+,41-,42-/m0/s1. The van der Waals surface area contributed by atoms with Crippen LogP contribution in [0.1, 0.15) is 110 Å². The van der Waals surface area contributed by atoms with Crippen LogP contribution in [-0.2, 0) is 59.2 Å². The van der Waals surface area contributed by atoms with Crippen molar-refractivity contribution in [3.05, 3.63) is 35.9 Å². The Labute approximate surface area is 472 Å². The van der Waals surface area contributed by atoms with Crippen molar-refractivity contribution in [1.29, 1.82) is 0 Å². The molecule has 29 nitrogen and oxygen atoms in total. The lowest BCUT2D eigenvalue weighted by molar-refractivity contribution is -0.137. The number of hydrogen-bond acceptors (Lipinski definition) is 18. The molecule has 12 atom stereocenters. The third-order valence-corrected chi connectivity index (χ3v) is 13.1. The minimum Gasteiger partial charge on any atom is -0.391 e. The summed E-state index contributed by atoms with van der Waals surface area (Å²) in [6.45, 7) is 4.61. The van der Waals surface area contributed by atoms with Crippen LogP contribution in [0, 0.1) is 0 Å². The second-order valence-corrected chi connectivity index (χ2v) is 20.0. The Kier molecular flexibility index (Phi) is 32.9. The number of unbranched alkanes of at least 4 members (excludes halogenated alkanes) is 4. The number of aliphatic hydroxyl groups is 2. The summed E-state index contributed by atoms with van der Waals surface area (Å²) >= 11 is 0. The molecule has 1 heterocycles. The van der Waals surface area contributed by atoms with Crippen LogP contribution in [0.15, 0.2) is 30.3 Å². The number of carbonyl (C=O) groups is 11. The van der Waals surface area contributed by atoms with Gasteiger partial charge in [0.2, 0.25) is 65.0 Å². The topological polar surface area (TPSA) is 491 Å². The first-order valence-corrected chi connectivity index (χ1v) is 27.8. The van der Waals surface area contributed by atoms with Crippen molar-refractivity contribution in [1.82, 2.24) is 58.5 Å². The molecule has 81 heavy (non-hydrogen) atoms. The highest BCUT2D eigenvalue weighted by Gasteiger charge is 2.37. The van der Waals surface area contributed by atoms with Crippen LogP contribution in [-0.4, -0.2) is 187 Å². The van der Waals surface area contributed by atoms with Crippen molar-refractivity contribution < 1.29 is 63.0 Å². The Balaban J connectivity index is 2.62. The van der Waals surface area contributed by atoms with Gasteiger partial charge in [-0.15, -0.1) is 0 Å². The third kappa shape index (κ3) is 25.2. The van der Waals surface area contributed by atoms with Gasteiger partial charge in [-0.3, -0.25) is 52.7 Å². The van der Waals surface area contributed by atoms with E-state index in [-0.39, 0.29) is 77.7 Å². The molecule has 0 radical (unpaired) electrons. The SMILES string of the molecule is CCCCCCCC(=O)N[C@@H](CCN)C(=O)N[C@H](C(=O)N[C@@H](CCN)C(=O)N[C@H]1CCNC(=O)[C@H]([C@@H](C)O)NC(=O)[C@H](CCN)NC(=O)[C@H](CCN)NC(=O)[C@H](C)NC(=O)[C@@H](Cc2ccccc2)NC(=O)[C@H](CCN)NC1=O)[C@@H](C)O. The van der Waals surface area contributed by atoms with Crippen LogP contribution in [0.5, 0.6) is 0 Å². The highest BCUT2D eigenvalue weighted by atomic mass is 16.3. The van der Waals surface area contributed by atoms with E-state index in [0.717, 1.165) is 25.7 Å². The lowest BCUT2D eigenvalue weighted by atomic mass is 10.0. The molecule has 0 aromatic heterocycles. The van der Waals surface area contributed by atoms with E-state index in [1.54, 1.807) is 30.3 Å². The number of aliphatic hydroxyl groups excluding tert-OH is 2. The molecule has 1 aliphatic heterocycles. The summed E-state index contributed by atoms with van der Waals surface area (Å²) in [5, 5.41) is 49.1. The summed E-state index contributed by atoms with van der Waals surface area (Å²) in [6.07, 6.45) is -0.00813. The summed E-state index contributed by atoms with van der Waals surface area (Å²) < 4.78 is 0. The van der Waals surface area contributed by atoms with E-state index in [1.165, 1.54) is 20.8 Å². The van der Waals surface area contributed by atoms with Gasteiger partial charge >= 0.3 is 0 Å². The van der Waals surface area contributed by atoms with Gasteiger partial charge in [0.05, 0.1) is 12.2 Å². The second kappa shape index (κ2) is 37.9. The molecular formula is C52H90N16O13. The van der Waals surface area contributed by atoms with Gasteiger partial charge in [0.15, 0.2) is 0 Å². The second-order valence-electron chi connectivity index (χ2n) is 20.0. The first-order valence-electron chi connectivity index (χ1n) is 27.8. The smallest absolute Gasteiger partial charge is 0.245 e. The van der Waals surface area contributed by atoms with Crippen LogP contribution in [0.2, 0.25) is 0 Å². The summed E-state index contributed by atoms with van der Waals surface area (Å²) in [7, 11) is 0. The highest BCUT2D eigenvalue weighted by Crippen LogP contribution is 2.10. The monoisotopic (exact) mass is 1150 g/mol.